The van der Waals surface area contributed by atoms with Crippen LogP contribution in [0.4, 0.5) is 0 Å². The predicted molar refractivity (Wildman–Crippen MR) is 192 cm³/mol. The summed E-state index contributed by atoms with van der Waals surface area (Å²) in [5.74, 6) is -1.56. The number of phenolic OH excluding ortho intramolecular Hbond substituents is 2. The zero-order valence-electron chi connectivity index (χ0n) is 30.3. The fourth-order valence-electron chi connectivity index (χ4n) is 4.64. The van der Waals surface area contributed by atoms with E-state index in [1.165, 1.54) is 29.8 Å². The van der Waals surface area contributed by atoms with E-state index in [1.54, 1.807) is 12.4 Å². The molecule has 1 radical (unpaired) electrons. The van der Waals surface area contributed by atoms with Crippen molar-refractivity contribution in [3.8, 4) is 11.5 Å². The van der Waals surface area contributed by atoms with Gasteiger partial charge in [-0.2, -0.15) is 0 Å². The fourth-order valence-corrected chi connectivity index (χ4v) is 4.64. The van der Waals surface area contributed by atoms with Gasteiger partial charge in [0.25, 0.3) is 0 Å². The first-order chi connectivity index (χ1) is 21.3. The average molecular weight is 704 g/mol. The minimum atomic E-state index is -1.06. The van der Waals surface area contributed by atoms with E-state index in [0.29, 0.717) is 6.54 Å². The number of benzene rings is 3. The Hall–Kier alpha value is -3.95. The third kappa shape index (κ3) is 11.9. The summed E-state index contributed by atoms with van der Waals surface area (Å²) >= 11 is 0. The van der Waals surface area contributed by atoms with Crippen LogP contribution in [0.1, 0.15) is 130 Å². The number of aromatic carboxylic acids is 2. The molecule has 9 heteroatoms. The van der Waals surface area contributed by atoms with Gasteiger partial charge >= 0.3 is 11.9 Å². The van der Waals surface area contributed by atoms with Crippen molar-refractivity contribution in [2.45, 2.75) is 105 Å². The zero-order chi connectivity index (χ0) is 36.1. The molecule has 0 amide bonds. The van der Waals surface area contributed by atoms with Gasteiger partial charge < -0.3 is 20.4 Å². The SMILES string of the molecule is Cc1cc(C=NCC(C)(C)N=Cc2cc(C(C)(C)C)cc(C(C)(C)C)c2O)c(O)c(C(C)(C)C)c1.O=C(O)c1ccc(C(=O)O)cc1.[Co]. The Labute approximate surface area is 296 Å². The Bertz CT molecular complexity index is 1620. The van der Waals surface area contributed by atoms with E-state index in [-0.39, 0.29) is 55.6 Å². The molecule has 4 N–H and O–H groups in total. The first-order valence-electron chi connectivity index (χ1n) is 15.7. The van der Waals surface area contributed by atoms with E-state index in [9.17, 15) is 19.8 Å². The number of aromatic hydroxyl groups is 2. The van der Waals surface area contributed by atoms with E-state index in [2.05, 4.69) is 73.4 Å². The van der Waals surface area contributed by atoms with Crippen LogP contribution in [0, 0.1) is 6.92 Å². The van der Waals surface area contributed by atoms with Crippen LogP contribution in [0.2, 0.25) is 0 Å². The summed E-state index contributed by atoms with van der Waals surface area (Å²) in [6, 6.07) is 13.2. The van der Waals surface area contributed by atoms with Gasteiger partial charge in [-0.15, -0.1) is 0 Å². The summed E-state index contributed by atoms with van der Waals surface area (Å²) in [5, 5.41) is 38.8. The summed E-state index contributed by atoms with van der Waals surface area (Å²) in [6.07, 6.45) is 3.52. The molecular weight excluding hydrogens is 651 g/mol. The normalized spacial score (nSPS) is 12.4. The molecule has 0 heterocycles. The molecule has 0 fully saturated rings. The molecule has 3 aromatic carbocycles. The summed E-state index contributed by atoms with van der Waals surface area (Å²) in [4.78, 5) is 30.1. The first kappa shape index (κ1) is 42.1. The Morgan fingerprint density at radius 3 is 1.46 bits per heavy atom. The summed E-state index contributed by atoms with van der Waals surface area (Å²) in [7, 11) is 0. The Morgan fingerprint density at radius 1 is 0.646 bits per heavy atom. The van der Waals surface area contributed by atoms with E-state index in [0.717, 1.165) is 27.8 Å². The Kier molecular flexibility index (Phi) is 14.0. The van der Waals surface area contributed by atoms with Gasteiger partial charge in [0.15, 0.2) is 0 Å². The number of nitrogens with zero attached hydrogens (tertiary/aromatic N) is 2. The second-order valence-electron chi connectivity index (χ2n) is 15.7. The number of carbonyl (C=O) groups is 2. The smallest absolute Gasteiger partial charge is 0.335 e. The van der Waals surface area contributed by atoms with E-state index in [4.69, 9.17) is 15.2 Å². The molecular formula is C39H52CoN2O6. The summed E-state index contributed by atoms with van der Waals surface area (Å²) in [6.45, 7) is 25.7. The van der Waals surface area contributed by atoms with Gasteiger partial charge in [0.05, 0.1) is 23.2 Å². The molecule has 3 aromatic rings. The molecule has 8 nitrogen and oxygen atoms in total. The molecule has 0 atom stereocenters. The molecule has 0 aliphatic heterocycles. The third-order valence-electron chi connectivity index (χ3n) is 7.55. The van der Waals surface area contributed by atoms with Crippen LogP contribution < -0.4 is 0 Å². The van der Waals surface area contributed by atoms with Crippen LogP contribution >= 0.6 is 0 Å². The van der Waals surface area contributed by atoms with Crippen LogP contribution in [0.25, 0.3) is 0 Å². The summed E-state index contributed by atoms with van der Waals surface area (Å²) < 4.78 is 0. The van der Waals surface area contributed by atoms with Crippen molar-refractivity contribution in [1.82, 2.24) is 0 Å². The standard InChI is InChI=1S/C31H46N2O2.C8H6O4.Co/c1-20-13-21(26(34)24(14-20)29(5,6)7)17-32-19-31(11,12)33-18-22-15-23(28(2,3)4)16-25(27(22)35)30(8,9)10;9-7(10)5-1-2-6(4-3-5)8(11)12;/h13-18,34-35H,19H2,1-12H3;1-4H,(H,9,10)(H,11,12);. The maximum atomic E-state index is 11.0. The molecule has 0 saturated heterocycles. The number of aryl methyl sites for hydroxylation is 1. The van der Waals surface area contributed by atoms with Crippen molar-refractivity contribution in [2.24, 2.45) is 9.98 Å². The second kappa shape index (κ2) is 16.0. The van der Waals surface area contributed by atoms with Crippen molar-refractivity contribution in [2.75, 3.05) is 6.54 Å². The second-order valence-corrected chi connectivity index (χ2v) is 15.7. The average Bonchev–Trinajstić information content (AvgIpc) is 2.92. The molecule has 0 spiro atoms. The third-order valence-corrected chi connectivity index (χ3v) is 7.55. The monoisotopic (exact) mass is 703 g/mol. The van der Waals surface area contributed by atoms with Gasteiger partial charge in [0.2, 0.25) is 0 Å². The minimum Gasteiger partial charge on any atom is -0.507 e. The number of carboxylic acids is 2. The van der Waals surface area contributed by atoms with Crippen molar-refractivity contribution in [3.63, 3.8) is 0 Å². The van der Waals surface area contributed by atoms with E-state index >= 15 is 0 Å². The molecule has 263 valence electrons. The molecule has 0 unspecified atom stereocenters. The fraction of sp³-hybridized carbons (Fsp3) is 0.436. The van der Waals surface area contributed by atoms with Crippen LogP contribution in [-0.4, -0.2) is 56.9 Å². The topological polar surface area (TPSA) is 140 Å². The van der Waals surface area contributed by atoms with Gasteiger partial charge in [-0.1, -0.05) is 74.4 Å². The van der Waals surface area contributed by atoms with Crippen molar-refractivity contribution in [3.05, 3.63) is 93.0 Å². The van der Waals surface area contributed by atoms with Crippen LogP contribution in [-0.2, 0) is 33.0 Å². The van der Waals surface area contributed by atoms with Crippen molar-refractivity contribution < 1.29 is 46.8 Å². The molecule has 0 aliphatic carbocycles. The van der Waals surface area contributed by atoms with Gasteiger partial charge in [0, 0.05) is 51.5 Å². The Morgan fingerprint density at radius 2 is 1.06 bits per heavy atom. The molecule has 48 heavy (non-hydrogen) atoms. The number of carboxylic acid groups (broad SMARTS) is 2. The molecule has 3 rings (SSSR count). The van der Waals surface area contributed by atoms with Crippen molar-refractivity contribution >= 4 is 24.4 Å². The number of hydrogen-bond donors (Lipinski definition) is 4. The number of hydrogen-bond acceptors (Lipinski definition) is 6. The summed E-state index contributed by atoms with van der Waals surface area (Å²) in [5.41, 5.74) is 4.86. The van der Waals surface area contributed by atoms with Crippen molar-refractivity contribution in [1.29, 1.82) is 0 Å². The zero-order valence-corrected chi connectivity index (χ0v) is 31.4. The maximum Gasteiger partial charge on any atom is 0.335 e. The Balaban J connectivity index is 0.000000745. The van der Waals surface area contributed by atoms with Crippen LogP contribution in [0.3, 0.4) is 0 Å². The van der Waals surface area contributed by atoms with Gasteiger partial charge in [-0.05, 0) is 84.5 Å². The van der Waals surface area contributed by atoms with E-state index in [1.807, 2.05) is 39.0 Å². The van der Waals surface area contributed by atoms with Gasteiger partial charge in [0.1, 0.15) is 11.5 Å². The molecule has 0 bridgehead atoms. The van der Waals surface area contributed by atoms with Crippen LogP contribution in [0.5, 0.6) is 11.5 Å². The molecule has 0 aromatic heterocycles. The predicted octanol–water partition coefficient (Wildman–Crippen LogP) is 8.70. The van der Waals surface area contributed by atoms with Gasteiger partial charge in [-0.25, -0.2) is 9.59 Å². The maximum absolute atomic E-state index is 11.0. The molecule has 0 aliphatic rings. The molecule has 0 saturated carbocycles. The first-order valence-corrected chi connectivity index (χ1v) is 15.7. The number of rotatable bonds is 7. The largest absolute Gasteiger partial charge is 0.507 e. The van der Waals surface area contributed by atoms with E-state index < -0.39 is 17.5 Å². The number of phenols is 2. The quantitative estimate of drug-likeness (QED) is 0.182. The van der Waals surface area contributed by atoms with Gasteiger partial charge in [-0.3, -0.25) is 9.98 Å². The minimum absolute atomic E-state index is 0. The van der Waals surface area contributed by atoms with Crippen LogP contribution in [0.15, 0.2) is 58.5 Å². The number of aliphatic imine (C=N–C) groups is 2.